The summed E-state index contributed by atoms with van der Waals surface area (Å²) in [5, 5.41) is 0. The molecule has 2 N–H and O–H groups in total. The van der Waals surface area contributed by atoms with Crippen LogP contribution in [0.1, 0.15) is 19.3 Å². The van der Waals surface area contributed by atoms with Gasteiger partial charge in [0.1, 0.15) is 0 Å². The minimum absolute atomic E-state index is 0.0345. The van der Waals surface area contributed by atoms with Crippen LogP contribution in [0.5, 0.6) is 0 Å². The second-order valence-electron chi connectivity index (χ2n) is 6.01. The molecule has 0 heterocycles. The molecule has 0 spiro atoms. The average Bonchev–Trinajstić information content (AvgIpc) is 2.95. The number of carbonyl (C=O) groups excluding carboxylic acids is 1. The predicted molar refractivity (Wildman–Crippen MR) is 56.6 cm³/mol. The van der Waals surface area contributed by atoms with E-state index in [1.54, 1.807) is 0 Å². The van der Waals surface area contributed by atoms with Gasteiger partial charge in [-0.3, -0.25) is 4.79 Å². The fourth-order valence-electron chi connectivity index (χ4n) is 5.34. The number of carbonyl (C=O) groups is 1. The molecule has 0 radical (unpaired) electrons. The highest BCUT2D eigenvalue weighted by Gasteiger charge is 2.61. The van der Waals surface area contributed by atoms with Gasteiger partial charge in [0.15, 0.2) is 0 Å². The van der Waals surface area contributed by atoms with Gasteiger partial charge in [0, 0.05) is 5.92 Å². The molecular formula is C13H17NO. The largest absolute Gasteiger partial charge is 0.369 e. The normalized spacial score (nSPS) is 58.8. The Bertz CT molecular complexity index is 362. The molecule has 3 saturated carbocycles. The Hall–Kier alpha value is -0.790. The van der Waals surface area contributed by atoms with Crippen molar-refractivity contribution in [3.8, 4) is 0 Å². The molecule has 0 aromatic rings. The van der Waals surface area contributed by atoms with Crippen LogP contribution in [0.15, 0.2) is 12.2 Å². The van der Waals surface area contributed by atoms with Crippen LogP contribution in [0.4, 0.5) is 0 Å². The van der Waals surface area contributed by atoms with Crippen LogP contribution in [0.2, 0.25) is 0 Å². The van der Waals surface area contributed by atoms with Crippen molar-refractivity contribution in [2.45, 2.75) is 19.3 Å². The average molecular weight is 203 g/mol. The lowest BCUT2D eigenvalue weighted by Gasteiger charge is -2.35. The zero-order valence-electron chi connectivity index (χ0n) is 8.80. The maximum Gasteiger partial charge on any atom is 0.220 e. The van der Waals surface area contributed by atoms with Crippen molar-refractivity contribution >= 4 is 5.91 Å². The lowest BCUT2D eigenvalue weighted by molar-refractivity contribution is -0.124. The number of fused-ring (bicyclic) bond motifs is 9. The van der Waals surface area contributed by atoms with Crippen molar-refractivity contribution in [2.24, 2.45) is 47.2 Å². The molecule has 4 bridgehead atoms. The van der Waals surface area contributed by atoms with Crippen LogP contribution in [-0.2, 0) is 4.79 Å². The summed E-state index contributed by atoms with van der Waals surface area (Å²) in [5.41, 5.74) is 5.51. The van der Waals surface area contributed by atoms with E-state index in [0.29, 0.717) is 5.92 Å². The Balaban J connectivity index is 1.71. The highest BCUT2D eigenvalue weighted by Crippen LogP contribution is 2.66. The van der Waals surface area contributed by atoms with Gasteiger partial charge in [-0.15, -0.1) is 0 Å². The van der Waals surface area contributed by atoms with Gasteiger partial charge in [-0.2, -0.15) is 0 Å². The van der Waals surface area contributed by atoms with Crippen LogP contribution in [0.25, 0.3) is 0 Å². The van der Waals surface area contributed by atoms with Crippen LogP contribution < -0.4 is 5.73 Å². The van der Waals surface area contributed by atoms with Gasteiger partial charge in [0.05, 0.1) is 0 Å². The van der Waals surface area contributed by atoms with Crippen molar-refractivity contribution in [1.29, 1.82) is 0 Å². The van der Waals surface area contributed by atoms with Crippen molar-refractivity contribution in [3.05, 3.63) is 12.2 Å². The zero-order valence-corrected chi connectivity index (χ0v) is 8.80. The fraction of sp³-hybridized carbons (Fsp3) is 0.769. The second-order valence-corrected chi connectivity index (χ2v) is 6.01. The first kappa shape index (κ1) is 8.37. The molecule has 0 aromatic carbocycles. The van der Waals surface area contributed by atoms with Gasteiger partial charge in [0.25, 0.3) is 0 Å². The first-order valence-electron chi connectivity index (χ1n) is 6.23. The Morgan fingerprint density at radius 2 is 1.80 bits per heavy atom. The van der Waals surface area contributed by atoms with E-state index >= 15 is 0 Å². The van der Waals surface area contributed by atoms with E-state index in [9.17, 15) is 4.79 Å². The molecule has 2 nitrogen and oxygen atoms in total. The van der Waals surface area contributed by atoms with Gasteiger partial charge in [0.2, 0.25) is 5.91 Å². The molecule has 0 saturated heterocycles. The molecule has 1 amide bonds. The minimum atomic E-state index is -0.0345. The Kier molecular flexibility index (Phi) is 1.38. The topological polar surface area (TPSA) is 43.1 Å². The molecule has 4 aliphatic carbocycles. The summed E-state index contributed by atoms with van der Waals surface area (Å²) >= 11 is 0. The van der Waals surface area contributed by atoms with E-state index < -0.39 is 0 Å². The summed E-state index contributed by atoms with van der Waals surface area (Å²) in [5.74, 6) is 5.00. The number of nitrogens with two attached hydrogens (primary N) is 1. The summed E-state index contributed by atoms with van der Waals surface area (Å²) in [6.45, 7) is 0. The number of allylic oxidation sites excluding steroid dienone is 2. The maximum absolute atomic E-state index is 11.4. The van der Waals surface area contributed by atoms with E-state index in [4.69, 9.17) is 5.73 Å². The van der Waals surface area contributed by atoms with E-state index in [0.717, 1.165) is 36.0 Å². The monoisotopic (exact) mass is 203 g/mol. The van der Waals surface area contributed by atoms with E-state index in [-0.39, 0.29) is 11.8 Å². The van der Waals surface area contributed by atoms with E-state index in [1.807, 2.05) is 0 Å². The third-order valence-corrected chi connectivity index (χ3v) is 5.64. The predicted octanol–water partition coefficient (Wildman–Crippen LogP) is 1.57. The molecule has 15 heavy (non-hydrogen) atoms. The molecule has 2 heteroatoms. The van der Waals surface area contributed by atoms with Crippen molar-refractivity contribution in [1.82, 2.24) is 0 Å². The number of rotatable bonds is 1. The molecule has 7 atom stereocenters. The number of amides is 1. The zero-order chi connectivity index (χ0) is 10.2. The van der Waals surface area contributed by atoms with Gasteiger partial charge >= 0.3 is 0 Å². The lowest BCUT2D eigenvalue weighted by atomic mass is 9.69. The summed E-state index contributed by atoms with van der Waals surface area (Å²) in [6.07, 6.45) is 8.60. The number of primary amides is 1. The van der Waals surface area contributed by atoms with Crippen LogP contribution >= 0.6 is 0 Å². The van der Waals surface area contributed by atoms with E-state index in [2.05, 4.69) is 12.2 Å². The van der Waals surface area contributed by atoms with Crippen molar-refractivity contribution < 1.29 is 4.79 Å². The Labute approximate surface area is 89.9 Å². The maximum atomic E-state index is 11.4. The third kappa shape index (κ3) is 0.849. The third-order valence-electron chi connectivity index (χ3n) is 5.64. The van der Waals surface area contributed by atoms with Crippen LogP contribution in [0.3, 0.4) is 0 Å². The molecule has 7 unspecified atom stereocenters. The highest BCUT2D eigenvalue weighted by atomic mass is 16.1. The summed E-state index contributed by atoms with van der Waals surface area (Å²) in [6, 6.07) is 0. The molecule has 0 aromatic heterocycles. The second kappa shape index (κ2) is 2.47. The molecule has 80 valence electrons. The van der Waals surface area contributed by atoms with Gasteiger partial charge in [-0.05, 0) is 54.8 Å². The molecule has 3 fully saturated rings. The lowest BCUT2D eigenvalue weighted by Crippen LogP contribution is -2.37. The van der Waals surface area contributed by atoms with Crippen molar-refractivity contribution in [3.63, 3.8) is 0 Å². The quantitative estimate of drug-likeness (QED) is 0.510. The summed E-state index contributed by atoms with van der Waals surface area (Å²) < 4.78 is 0. The van der Waals surface area contributed by atoms with E-state index in [1.165, 1.54) is 12.8 Å². The molecule has 0 aliphatic heterocycles. The van der Waals surface area contributed by atoms with Crippen molar-refractivity contribution in [2.75, 3.05) is 0 Å². The number of hydrogen-bond donors (Lipinski definition) is 1. The van der Waals surface area contributed by atoms with Gasteiger partial charge < -0.3 is 5.73 Å². The number of hydrogen-bond acceptors (Lipinski definition) is 1. The highest BCUT2D eigenvalue weighted by molar-refractivity contribution is 5.77. The first-order chi connectivity index (χ1) is 7.25. The molecule has 4 aliphatic rings. The fourth-order valence-corrected chi connectivity index (χ4v) is 5.34. The van der Waals surface area contributed by atoms with Gasteiger partial charge in [-0.25, -0.2) is 0 Å². The molecule has 4 rings (SSSR count). The smallest absolute Gasteiger partial charge is 0.220 e. The summed E-state index contributed by atoms with van der Waals surface area (Å²) in [7, 11) is 0. The SMILES string of the molecule is NC(=O)C1CC2CC1C1C3C=CC(C3)C21. The van der Waals surface area contributed by atoms with Crippen LogP contribution in [-0.4, -0.2) is 5.91 Å². The van der Waals surface area contributed by atoms with Crippen LogP contribution in [0, 0.1) is 41.4 Å². The van der Waals surface area contributed by atoms with Gasteiger partial charge in [-0.1, -0.05) is 12.2 Å². The first-order valence-corrected chi connectivity index (χ1v) is 6.23. The minimum Gasteiger partial charge on any atom is -0.369 e. The Morgan fingerprint density at radius 1 is 1.07 bits per heavy atom. The Morgan fingerprint density at radius 3 is 2.53 bits per heavy atom. The standard InChI is InChI=1S/C13H17NO/c14-13(15)10-5-8-4-9(10)12-7-2-1-6(3-7)11(8)12/h1-2,6-12H,3-5H2,(H2,14,15). The summed E-state index contributed by atoms with van der Waals surface area (Å²) in [4.78, 5) is 11.4. The molecular weight excluding hydrogens is 186 g/mol.